The number of sulfone groups is 1. The molecule has 3 heterocycles. The molecule has 104 valence electrons. The lowest BCUT2D eigenvalue weighted by Crippen LogP contribution is -2.50. The molecule has 0 aliphatic carbocycles. The smallest absolute Gasteiger partial charge is 0.150 e. The van der Waals surface area contributed by atoms with E-state index in [2.05, 4.69) is 10.2 Å². The largest absolute Gasteiger partial charge is 0.310 e. The Balaban J connectivity index is 1.54. The zero-order valence-electron chi connectivity index (χ0n) is 11.0. The van der Waals surface area contributed by atoms with E-state index in [1.54, 1.807) is 0 Å². The van der Waals surface area contributed by atoms with Crippen molar-refractivity contribution in [3.8, 4) is 0 Å². The van der Waals surface area contributed by atoms with Gasteiger partial charge in [-0.15, -0.1) is 0 Å². The molecule has 3 saturated heterocycles. The molecule has 4 nitrogen and oxygen atoms in total. The predicted octanol–water partition coefficient (Wildman–Crippen LogP) is 0.780. The number of nitrogens with zero attached hydrogens (tertiary/aromatic N) is 1. The highest BCUT2D eigenvalue weighted by atomic mass is 32.2. The lowest BCUT2D eigenvalue weighted by molar-refractivity contribution is 0.175. The van der Waals surface area contributed by atoms with Crippen molar-refractivity contribution in [1.82, 2.24) is 10.2 Å². The van der Waals surface area contributed by atoms with Gasteiger partial charge in [0.05, 0.1) is 11.5 Å². The molecule has 3 fully saturated rings. The van der Waals surface area contributed by atoms with Crippen LogP contribution >= 0.6 is 0 Å². The first-order chi connectivity index (χ1) is 8.64. The molecule has 0 aromatic heterocycles. The summed E-state index contributed by atoms with van der Waals surface area (Å²) in [6.45, 7) is 2.50. The Kier molecular flexibility index (Phi) is 3.65. The second-order valence-corrected chi connectivity index (χ2v) is 8.39. The Bertz CT molecular complexity index is 382. The number of piperidine rings is 1. The zero-order valence-corrected chi connectivity index (χ0v) is 11.8. The zero-order chi connectivity index (χ0) is 12.6. The summed E-state index contributed by atoms with van der Waals surface area (Å²) in [6.07, 6.45) is 6.90. The molecule has 2 atom stereocenters. The van der Waals surface area contributed by atoms with Crippen LogP contribution in [0.1, 0.15) is 38.5 Å². The van der Waals surface area contributed by atoms with Gasteiger partial charge in [-0.1, -0.05) is 6.42 Å². The molecule has 0 saturated carbocycles. The van der Waals surface area contributed by atoms with Crippen molar-refractivity contribution in [2.75, 3.05) is 24.6 Å². The maximum atomic E-state index is 11.4. The number of fused-ring (bicyclic) bond motifs is 1. The van der Waals surface area contributed by atoms with Gasteiger partial charge in [-0.2, -0.15) is 0 Å². The Morgan fingerprint density at radius 2 is 1.72 bits per heavy atom. The predicted molar refractivity (Wildman–Crippen MR) is 72.4 cm³/mol. The summed E-state index contributed by atoms with van der Waals surface area (Å²) >= 11 is 0. The fourth-order valence-corrected chi connectivity index (χ4v) is 5.29. The highest BCUT2D eigenvalue weighted by Gasteiger charge is 2.37. The Morgan fingerprint density at radius 3 is 2.50 bits per heavy atom. The summed E-state index contributed by atoms with van der Waals surface area (Å²) in [7, 11) is -2.72. The van der Waals surface area contributed by atoms with Gasteiger partial charge in [-0.05, 0) is 38.6 Å². The van der Waals surface area contributed by atoms with Crippen molar-refractivity contribution >= 4 is 9.84 Å². The molecular weight excluding hydrogens is 248 g/mol. The average molecular weight is 272 g/mol. The molecule has 0 bridgehead atoms. The van der Waals surface area contributed by atoms with Crippen molar-refractivity contribution in [2.45, 2.75) is 56.7 Å². The molecule has 0 aromatic rings. The summed E-state index contributed by atoms with van der Waals surface area (Å²) in [5.41, 5.74) is 0. The minimum Gasteiger partial charge on any atom is -0.310 e. The second kappa shape index (κ2) is 5.10. The Labute approximate surface area is 110 Å². The number of hydrogen-bond acceptors (Lipinski definition) is 4. The summed E-state index contributed by atoms with van der Waals surface area (Å²) in [4.78, 5) is 2.63. The summed E-state index contributed by atoms with van der Waals surface area (Å²) in [5, 5.41) is 3.75. The molecule has 5 heteroatoms. The van der Waals surface area contributed by atoms with Crippen molar-refractivity contribution in [3.05, 3.63) is 0 Å². The monoisotopic (exact) mass is 272 g/mol. The van der Waals surface area contributed by atoms with Crippen LogP contribution in [0.25, 0.3) is 0 Å². The molecule has 3 rings (SSSR count). The van der Waals surface area contributed by atoms with Gasteiger partial charge in [0.15, 0.2) is 0 Å². The third-order valence-corrected chi connectivity index (χ3v) is 6.58. The third-order valence-electron chi connectivity index (χ3n) is 4.86. The van der Waals surface area contributed by atoms with E-state index in [0.717, 1.165) is 18.9 Å². The topological polar surface area (TPSA) is 49.4 Å². The summed E-state index contributed by atoms with van der Waals surface area (Å²) in [6, 6.07) is 1.76. The molecule has 3 aliphatic rings. The van der Waals surface area contributed by atoms with Crippen LogP contribution in [0.2, 0.25) is 0 Å². The van der Waals surface area contributed by atoms with Crippen molar-refractivity contribution in [1.29, 1.82) is 0 Å². The first kappa shape index (κ1) is 12.9. The molecule has 18 heavy (non-hydrogen) atoms. The van der Waals surface area contributed by atoms with Gasteiger partial charge in [0, 0.05) is 24.7 Å². The third kappa shape index (κ3) is 2.73. The van der Waals surface area contributed by atoms with Crippen LogP contribution in [0.3, 0.4) is 0 Å². The van der Waals surface area contributed by atoms with Crippen LogP contribution in [-0.4, -0.2) is 56.0 Å². The first-order valence-corrected chi connectivity index (χ1v) is 9.17. The van der Waals surface area contributed by atoms with E-state index in [0.29, 0.717) is 23.6 Å². The van der Waals surface area contributed by atoms with Crippen molar-refractivity contribution < 1.29 is 8.42 Å². The van der Waals surface area contributed by atoms with E-state index in [1.165, 1.54) is 38.8 Å². The quantitative estimate of drug-likeness (QED) is 0.807. The van der Waals surface area contributed by atoms with Crippen LogP contribution in [0, 0.1) is 0 Å². The molecule has 0 radical (unpaired) electrons. The second-order valence-electron chi connectivity index (χ2n) is 6.09. The van der Waals surface area contributed by atoms with Crippen molar-refractivity contribution in [2.24, 2.45) is 0 Å². The van der Waals surface area contributed by atoms with Gasteiger partial charge in [-0.3, -0.25) is 4.90 Å². The minimum absolute atomic E-state index is 0.381. The minimum atomic E-state index is -2.72. The van der Waals surface area contributed by atoms with E-state index in [1.807, 2.05) is 0 Å². The normalized spacial score (nSPS) is 37.6. The Hall–Kier alpha value is -0.130. The maximum absolute atomic E-state index is 11.4. The van der Waals surface area contributed by atoms with Crippen molar-refractivity contribution in [3.63, 3.8) is 0 Å². The van der Waals surface area contributed by atoms with E-state index >= 15 is 0 Å². The van der Waals surface area contributed by atoms with E-state index in [4.69, 9.17) is 0 Å². The van der Waals surface area contributed by atoms with E-state index < -0.39 is 9.84 Å². The van der Waals surface area contributed by atoms with Crippen LogP contribution in [-0.2, 0) is 9.84 Å². The highest BCUT2D eigenvalue weighted by Crippen LogP contribution is 2.28. The van der Waals surface area contributed by atoms with Gasteiger partial charge in [-0.25, -0.2) is 8.42 Å². The van der Waals surface area contributed by atoms with E-state index in [9.17, 15) is 8.42 Å². The van der Waals surface area contributed by atoms with Gasteiger partial charge in [0.1, 0.15) is 9.84 Å². The fourth-order valence-electron chi connectivity index (χ4n) is 3.80. The molecule has 3 aliphatic heterocycles. The van der Waals surface area contributed by atoms with Crippen LogP contribution in [0.5, 0.6) is 0 Å². The SMILES string of the molecule is O=S1(=O)CCC(NC2CCN3CCCCC23)CC1. The maximum Gasteiger partial charge on any atom is 0.150 e. The molecule has 0 amide bonds. The van der Waals surface area contributed by atoms with E-state index in [-0.39, 0.29) is 0 Å². The van der Waals surface area contributed by atoms with Gasteiger partial charge >= 0.3 is 0 Å². The molecule has 2 unspecified atom stereocenters. The number of rotatable bonds is 2. The lowest BCUT2D eigenvalue weighted by Gasteiger charge is -2.35. The van der Waals surface area contributed by atoms with Crippen LogP contribution < -0.4 is 5.32 Å². The molecule has 0 spiro atoms. The van der Waals surface area contributed by atoms with Crippen LogP contribution in [0.15, 0.2) is 0 Å². The molecule has 0 aromatic carbocycles. The summed E-state index contributed by atoms with van der Waals surface area (Å²) < 4.78 is 22.9. The average Bonchev–Trinajstić information content (AvgIpc) is 2.76. The van der Waals surface area contributed by atoms with Crippen LogP contribution in [0.4, 0.5) is 0 Å². The standard InChI is InChI=1S/C13H24N2O2S/c16-18(17)9-5-11(6-10-18)14-12-4-8-15-7-2-1-3-13(12)15/h11-14H,1-10H2. The molecular formula is C13H24N2O2S. The van der Waals surface area contributed by atoms with Gasteiger partial charge in [0.2, 0.25) is 0 Å². The highest BCUT2D eigenvalue weighted by molar-refractivity contribution is 7.91. The lowest BCUT2D eigenvalue weighted by atomic mass is 9.97. The number of nitrogens with one attached hydrogen (secondary N) is 1. The Morgan fingerprint density at radius 1 is 0.944 bits per heavy atom. The first-order valence-electron chi connectivity index (χ1n) is 7.35. The van der Waals surface area contributed by atoms with Gasteiger partial charge in [0.25, 0.3) is 0 Å². The number of hydrogen-bond donors (Lipinski definition) is 1. The summed E-state index contributed by atoms with van der Waals surface area (Å²) in [5.74, 6) is 0.761. The van der Waals surface area contributed by atoms with Gasteiger partial charge < -0.3 is 5.32 Å². The molecule has 1 N–H and O–H groups in total. The fraction of sp³-hybridized carbons (Fsp3) is 1.00.